The van der Waals surface area contributed by atoms with Crippen LogP contribution in [0, 0.1) is 0 Å². The lowest BCUT2D eigenvalue weighted by atomic mass is 9.81. The van der Waals surface area contributed by atoms with Crippen LogP contribution in [0.1, 0.15) is 25.0 Å². The zero-order chi connectivity index (χ0) is 36.7. The van der Waals surface area contributed by atoms with Crippen molar-refractivity contribution >= 4 is 60.5 Å². The molecule has 0 N–H and O–H groups in total. The van der Waals surface area contributed by atoms with Crippen LogP contribution >= 0.6 is 0 Å². The zero-order valence-corrected chi connectivity index (χ0v) is 30.8. The highest BCUT2D eigenvalue weighted by Crippen LogP contribution is 2.51. The molecule has 0 amide bonds. The summed E-state index contributed by atoms with van der Waals surface area (Å²) in [6.07, 6.45) is 0. The van der Waals surface area contributed by atoms with E-state index in [4.69, 9.17) is 4.42 Å². The first-order valence-electron chi connectivity index (χ1n) is 19.1. The maximum atomic E-state index is 7.08. The van der Waals surface area contributed by atoms with Crippen LogP contribution in [0.5, 0.6) is 0 Å². The van der Waals surface area contributed by atoms with E-state index in [1.807, 2.05) is 0 Å². The normalized spacial score (nSPS) is 13.1. The van der Waals surface area contributed by atoms with E-state index in [0.29, 0.717) is 0 Å². The number of hydrogen-bond donors (Lipinski definition) is 0. The Balaban J connectivity index is 1.11. The van der Waals surface area contributed by atoms with E-state index >= 15 is 0 Å². The van der Waals surface area contributed by atoms with Gasteiger partial charge < -0.3 is 9.32 Å². The molecule has 1 heterocycles. The Morgan fingerprint density at radius 3 is 1.93 bits per heavy atom. The van der Waals surface area contributed by atoms with Gasteiger partial charge in [-0.25, -0.2) is 0 Å². The van der Waals surface area contributed by atoms with Crippen molar-refractivity contribution in [3.8, 4) is 33.4 Å². The molecule has 260 valence electrons. The van der Waals surface area contributed by atoms with Crippen LogP contribution in [0.3, 0.4) is 0 Å². The van der Waals surface area contributed by atoms with Gasteiger partial charge >= 0.3 is 0 Å². The maximum Gasteiger partial charge on any atom is 0.143 e. The van der Waals surface area contributed by atoms with Crippen LogP contribution in [0.15, 0.2) is 192 Å². The molecule has 0 saturated carbocycles. The van der Waals surface area contributed by atoms with E-state index in [9.17, 15) is 0 Å². The molecule has 0 atom stereocenters. The summed E-state index contributed by atoms with van der Waals surface area (Å²) in [7, 11) is 0. The highest BCUT2D eigenvalue weighted by atomic mass is 16.3. The van der Waals surface area contributed by atoms with Crippen LogP contribution in [0.2, 0.25) is 0 Å². The summed E-state index contributed by atoms with van der Waals surface area (Å²) in [6.45, 7) is 4.69. The third-order valence-electron chi connectivity index (χ3n) is 11.8. The number of nitrogens with zero attached hydrogens (tertiary/aromatic N) is 1. The van der Waals surface area contributed by atoms with Gasteiger partial charge in [0.1, 0.15) is 11.2 Å². The van der Waals surface area contributed by atoms with Crippen LogP contribution in [-0.2, 0) is 5.41 Å². The number of benzene rings is 9. The topological polar surface area (TPSA) is 16.4 Å². The minimum atomic E-state index is -0.0984. The predicted octanol–water partition coefficient (Wildman–Crippen LogP) is 15.0. The van der Waals surface area contributed by atoms with Gasteiger partial charge in [-0.2, -0.15) is 0 Å². The molecule has 0 radical (unpaired) electrons. The van der Waals surface area contributed by atoms with Crippen molar-refractivity contribution < 1.29 is 4.42 Å². The third-order valence-corrected chi connectivity index (χ3v) is 11.8. The molecule has 11 rings (SSSR count). The fourth-order valence-electron chi connectivity index (χ4n) is 9.11. The highest BCUT2D eigenvalue weighted by molar-refractivity contribution is 6.19. The summed E-state index contributed by atoms with van der Waals surface area (Å²) in [4.78, 5) is 2.36. The molecular weight excluding hydrogens is 667 g/mol. The molecule has 0 bridgehead atoms. The van der Waals surface area contributed by atoms with Gasteiger partial charge in [0.25, 0.3) is 0 Å². The summed E-state index contributed by atoms with van der Waals surface area (Å²) < 4.78 is 7.08. The van der Waals surface area contributed by atoms with Crippen molar-refractivity contribution in [1.29, 1.82) is 0 Å². The first kappa shape index (κ1) is 31.6. The second-order valence-corrected chi connectivity index (χ2v) is 15.3. The monoisotopic (exact) mass is 703 g/mol. The van der Waals surface area contributed by atoms with Gasteiger partial charge in [-0.1, -0.05) is 153 Å². The van der Waals surface area contributed by atoms with E-state index in [-0.39, 0.29) is 5.41 Å². The lowest BCUT2D eigenvalue weighted by molar-refractivity contribution is 0.660. The smallest absolute Gasteiger partial charge is 0.143 e. The molecule has 2 nitrogen and oxygen atoms in total. The zero-order valence-electron chi connectivity index (χ0n) is 30.8. The predicted molar refractivity (Wildman–Crippen MR) is 232 cm³/mol. The molecule has 1 aliphatic carbocycles. The molecule has 0 fully saturated rings. The van der Waals surface area contributed by atoms with Crippen LogP contribution in [0.25, 0.3) is 76.9 Å². The molecule has 1 aliphatic rings. The van der Waals surface area contributed by atoms with Crippen molar-refractivity contribution in [2.75, 3.05) is 4.90 Å². The lowest BCUT2D eigenvalue weighted by Gasteiger charge is -2.27. The summed E-state index contributed by atoms with van der Waals surface area (Å²) >= 11 is 0. The average molecular weight is 704 g/mol. The molecule has 0 spiro atoms. The Hall–Kier alpha value is -6.90. The van der Waals surface area contributed by atoms with Gasteiger partial charge in [-0.3, -0.25) is 0 Å². The van der Waals surface area contributed by atoms with Gasteiger partial charge in [-0.15, -0.1) is 0 Å². The molecule has 1 aromatic heterocycles. The first-order valence-corrected chi connectivity index (χ1v) is 19.1. The van der Waals surface area contributed by atoms with E-state index in [2.05, 4.69) is 207 Å². The number of fused-ring (bicyclic) bond motifs is 8. The molecule has 2 heteroatoms. The van der Waals surface area contributed by atoms with Gasteiger partial charge in [0, 0.05) is 44.6 Å². The second-order valence-electron chi connectivity index (χ2n) is 15.3. The minimum absolute atomic E-state index is 0.0984. The summed E-state index contributed by atoms with van der Waals surface area (Å²) in [5.41, 5.74) is 15.0. The summed E-state index contributed by atoms with van der Waals surface area (Å²) in [5.74, 6) is 0. The Morgan fingerprint density at radius 2 is 1.07 bits per heavy atom. The maximum absolute atomic E-state index is 7.08. The molecule has 55 heavy (non-hydrogen) atoms. The molecule has 9 aromatic carbocycles. The fraction of sp³-hybridized carbons (Fsp3) is 0.0566. The van der Waals surface area contributed by atoms with E-state index in [1.54, 1.807) is 0 Å². The Kier molecular flexibility index (Phi) is 6.93. The average Bonchev–Trinajstić information content (AvgIpc) is 3.71. The lowest BCUT2D eigenvalue weighted by Crippen LogP contribution is -2.14. The van der Waals surface area contributed by atoms with Crippen molar-refractivity contribution in [3.63, 3.8) is 0 Å². The molecular formula is C53H37NO. The Labute approximate surface area is 320 Å². The fourth-order valence-corrected chi connectivity index (χ4v) is 9.11. The number of anilines is 3. The standard InChI is InChI=1S/C53H37NO/c1-53(2)47-21-11-10-20-43(47)44-29-25-38(32-48(44)53)51-42-19-9-7-16-37(42)31-46-45-30-28-40(33-50(45)55-52(46)51)54(49-22-12-17-36-15-6-8-18-41(36)49)39-26-23-35(24-27-39)34-13-4-3-5-14-34/h3-33H,1-2H3. The number of furan rings is 1. The third kappa shape index (κ3) is 4.88. The largest absolute Gasteiger partial charge is 0.455 e. The van der Waals surface area contributed by atoms with E-state index < -0.39 is 0 Å². The Bertz CT molecular complexity index is 3110. The first-order chi connectivity index (χ1) is 27.0. The summed E-state index contributed by atoms with van der Waals surface area (Å²) in [5, 5.41) is 7.03. The van der Waals surface area contributed by atoms with Crippen molar-refractivity contribution in [1.82, 2.24) is 0 Å². The van der Waals surface area contributed by atoms with E-state index in [1.165, 1.54) is 60.5 Å². The van der Waals surface area contributed by atoms with Gasteiger partial charge in [-0.05, 0) is 97.6 Å². The molecule has 0 aliphatic heterocycles. The number of rotatable bonds is 5. The summed E-state index contributed by atoms with van der Waals surface area (Å²) in [6, 6.07) is 68.2. The van der Waals surface area contributed by atoms with Gasteiger partial charge in [0.05, 0.1) is 5.69 Å². The van der Waals surface area contributed by atoms with Crippen LogP contribution < -0.4 is 4.90 Å². The second kappa shape index (κ2) is 12.1. The number of hydrogen-bond acceptors (Lipinski definition) is 2. The van der Waals surface area contributed by atoms with Gasteiger partial charge in [0.2, 0.25) is 0 Å². The Morgan fingerprint density at radius 1 is 0.418 bits per heavy atom. The molecule has 0 saturated heterocycles. The van der Waals surface area contributed by atoms with Crippen molar-refractivity contribution in [3.05, 3.63) is 199 Å². The minimum Gasteiger partial charge on any atom is -0.455 e. The highest BCUT2D eigenvalue weighted by Gasteiger charge is 2.35. The van der Waals surface area contributed by atoms with Crippen LogP contribution in [-0.4, -0.2) is 0 Å². The SMILES string of the molecule is CC1(C)c2ccccc2-c2ccc(-c3c4ccccc4cc4c3oc3cc(N(c5ccc(-c6ccccc6)cc5)c5cccc6ccccc56)ccc34)cc21. The quantitative estimate of drug-likeness (QED) is 0.177. The molecule has 0 unspecified atom stereocenters. The van der Waals surface area contributed by atoms with Crippen LogP contribution in [0.4, 0.5) is 17.1 Å². The van der Waals surface area contributed by atoms with E-state index in [0.717, 1.165) is 44.6 Å². The van der Waals surface area contributed by atoms with Crippen molar-refractivity contribution in [2.45, 2.75) is 19.3 Å². The van der Waals surface area contributed by atoms with Gasteiger partial charge in [0.15, 0.2) is 0 Å². The molecule has 10 aromatic rings. The van der Waals surface area contributed by atoms with Crippen molar-refractivity contribution in [2.24, 2.45) is 0 Å².